The Labute approximate surface area is 103 Å². The molecule has 0 unspecified atom stereocenters. The molecule has 0 fully saturated rings. The molecule has 1 rings (SSSR count). The van der Waals surface area contributed by atoms with E-state index in [9.17, 15) is 8.42 Å². The average Bonchev–Trinajstić information content (AvgIpc) is 2.25. The molecule has 0 atom stereocenters. The maximum atomic E-state index is 11.8. The van der Waals surface area contributed by atoms with Crippen LogP contribution < -0.4 is 0 Å². The number of benzene rings is 1. The molecule has 1 aromatic rings. The van der Waals surface area contributed by atoms with E-state index in [-0.39, 0.29) is 24.2 Å². The molecule has 0 bridgehead atoms. The van der Waals surface area contributed by atoms with E-state index in [1.54, 1.807) is 12.1 Å². The molecule has 0 aromatic heterocycles. The highest BCUT2D eigenvalue weighted by Gasteiger charge is 2.17. The molecule has 0 amide bonds. The monoisotopic (exact) mass is 256 g/mol. The van der Waals surface area contributed by atoms with Gasteiger partial charge in [-0.25, -0.2) is 8.42 Å². The van der Waals surface area contributed by atoms with E-state index in [1.807, 2.05) is 12.1 Å². The van der Waals surface area contributed by atoms with Crippen LogP contribution in [0.2, 0.25) is 0 Å². The van der Waals surface area contributed by atoms with Gasteiger partial charge < -0.3 is 5.11 Å². The van der Waals surface area contributed by atoms with Crippen LogP contribution in [0.5, 0.6) is 0 Å². The van der Waals surface area contributed by atoms with Crippen LogP contribution in [0.15, 0.2) is 29.2 Å². The molecule has 0 radical (unpaired) electrons. The average molecular weight is 256 g/mol. The predicted molar refractivity (Wildman–Crippen MR) is 68.9 cm³/mol. The summed E-state index contributed by atoms with van der Waals surface area (Å²) in [7, 11) is -3.24. The Morgan fingerprint density at radius 2 is 1.65 bits per heavy atom. The van der Waals surface area contributed by atoms with Crippen molar-refractivity contribution in [2.75, 3.05) is 12.4 Å². The lowest BCUT2D eigenvalue weighted by Crippen LogP contribution is -2.12. The topological polar surface area (TPSA) is 54.4 Å². The molecule has 0 saturated carbocycles. The van der Waals surface area contributed by atoms with Crippen molar-refractivity contribution in [3.63, 3.8) is 0 Å². The third kappa shape index (κ3) is 3.82. The molecule has 0 spiro atoms. The minimum absolute atomic E-state index is 0.00162. The normalized spacial score (nSPS) is 12.7. The van der Waals surface area contributed by atoms with Crippen LogP contribution in [0.25, 0.3) is 0 Å². The fourth-order valence-electron chi connectivity index (χ4n) is 1.53. The number of hydrogen-bond donors (Lipinski definition) is 1. The van der Waals surface area contributed by atoms with Gasteiger partial charge in [-0.1, -0.05) is 32.9 Å². The van der Waals surface area contributed by atoms with E-state index in [4.69, 9.17) is 5.11 Å². The summed E-state index contributed by atoms with van der Waals surface area (Å²) in [5, 5.41) is 8.66. The maximum absolute atomic E-state index is 11.8. The van der Waals surface area contributed by atoms with Gasteiger partial charge in [0.05, 0.1) is 10.6 Å². The largest absolute Gasteiger partial charge is 0.396 e. The zero-order chi connectivity index (χ0) is 13.1. The molecular weight excluding hydrogens is 236 g/mol. The van der Waals surface area contributed by atoms with Gasteiger partial charge >= 0.3 is 0 Å². The lowest BCUT2D eigenvalue weighted by atomic mass is 9.87. The first-order valence-corrected chi connectivity index (χ1v) is 7.37. The molecule has 96 valence electrons. The predicted octanol–water partition coefficient (Wildman–Crippen LogP) is 2.14. The Bertz CT molecular complexity index is 452. The summed E-state index contributed by atoms with van der Waals surface area (Å²) < 4.78 is 23.7. The summed E-state index contributed by atoms with van der Waals surface area (Å²) in [6.45, 7) is 6.16. The molecular formula is C13H20O3S. The molecule has 1 N–H and O–H groups in total. The molecule has 0 heterocycles. The molecule has 0 saturated heterocycles. The summed E-state index contributed by atoms with van der Waals surface area (Å²) in [5.41, 5.74) is 1.13. The molecule has 3 nitrogen and oxygen atoms in total. The van der Waals surface area contributed by atoms with Crippen LogP contribution in [-0.4, -0.2) is 25.9 Å². The van der Waals surface area contributed by atoms with Crippen LogP contribution in [-0.2, 0) is 15.3 Å². The van der Waals surface area contributed by atoms with Gasteiger partial charge in [0.15, 0.2) is 9.84 Å². The van der Waals surface area contributed by atoms with Crippen molar-refractivity contribution in [2.24, 2.45) is 0 Å². The Kier molecular flexibility index (Phi) is 4.33. The third-order valence-electron chi connectivity index (χ3n) is 2.65. The highest BCUT2D eigenvalue weighted by atomic mass is 32.2. The Hall–Kier alpha value is -0.870. The van der Waals surface area contributed by atoms with Crippen LogP contribution >= 0.6 is 0 Å². The second-order valence-corrected chi connectivity index (χ2v) is 7.28. The second-order valence-electron chi connectivity index (χ2n) is 5.17. The van der Waals surface area contributed by atoms with Crippen LogP contribution in [0.3, 0.4) is 0 Å². The summed E-state index contributed by atoms with van der Waals surface area (Å²) in [5.74, 6) is -0.00162. The number of sulfone groups is 1. The van der Waals surface area contributed by atoms with Gasteiger partial charge in [-0.15, -0.1) is 0 Å². The summed E-state index contributed by atoms with van der Waals surface area (Å²) in [4.78, 5) is 0.332. The summed E-state index contributed by atoms with van der Waals surface area (Å²) in [6.07, 6.45) is 0.281. The standard InChI is InChI=1S/C13H20O3S/c1-13(2,3)11-5-7-12(8-6-11)17(15,16)10-4-9-14/h5-8,14H,4,9-10H2,1-3H3. The summed E-state index contributed by atoms with van der Waals surface area (Å²) >= 11 is 0. The number of hydrogen-bond acceptors (Lipinski definition) is 3. The van der Waals surface area contributed by atoms with E-state index in [2.05, 4.69) is 20.8 Å². The molecule has 0 aliphatic heterocycles. The van der Waals surface area contributed by atoms with Crippen LogP contribution in [0, 0.1) is 0 Å². The zero-order valence-corrected chi connectivity index (χ0v) is 11.4. The second kappa shape index (κ2) is 5.19. The Morgan fingerprint density at radius 1 is 1.12 bits per heavy atom. The molecule has 1 aromatic carbocycles. The van der Waals surface area contributed by atoms with Gasteiger partial charge in [0.25, 0.3) is 0 Å². The van der Waals surface area contributed by atoms with Crippen molar-refractivity contribution in [2.45, 2.75) is 37.5 Å². The lowest BCUT2D eigenvalue weighted by Gasteiger charge is -2.19. The Morgan fingerprint density at radius 3 is 2.06 bits per heavy atom. The molecule has 4 heteroatoms. The van der Waals surface area contributed by atoms with E-state index < -0.39 is 9.84 Å². The van der Waals surface area contributed by atoms with Gasteiger partial charge in [0, 0.05) is 6.61 Å². The Balaban J connectivity index is 2.95. The highest BCUT2D eigenvalue weighted by molar-refractivity contribution is 7.91. The summed E-state index contributed by atoms with van der Waals surface area (Å²) in [6, 6.07) is 7.00. The van der Waals surface area contributed by atoms with Gasteiger partial charge in [-0.05, 0) is 29.5 Å². The fraction of sp³-hybridized carbons (Fsp3) is 0.538. The number of aliphatic hydroxyl groups is 1. The van der Waals surface area contributed by atoms with Crippen LogP contribution in [0.4, 0.5) is 0 Å². The van der Waals surface area contributed by atoms with Crippen molar-refractivity contribution in [1.82, 2.24) is 0 Å². The first-order valence-electron chi connectivity index (χ1n) is 5.71. The smallest absolute Gasteiger partial charge is 0.178 e. The van der Waals surface area contributed by atoms with Gasteiger partial charge in [0.2, 0.25) is 0 Å². The van der Waals surface area contributed by atoms with E-state index in [0.717, 1.165) is 5.56 Å². The van der Waals surface area contributed by atoms with Crippen LogP contribution in [0.1, 0.15) is 32.8 Å². The van der Waals surface area contributed by atoms with Crippen molar-refractivity contribution < 1.29 is 13.5 Å². The molecule has 0 aliphatic rings. The van der Waals surface area contributed by atoms with Gasteiger partial charge in [-0.3, -0.25) is 0 Å². The van der Waals surface area contributed by atoms with Crippen molar-refractivity contribution in [3.8, 4) is 0 Å². The van der Waals surface area contributed by atoms with Crippen molar-refractivity contribution >= 4 is 9.84 Å². The SMILES string of the molecule is CC(C)(C)c1ccc(S(=O)(=O)CCCO)cc1. The molecule has 17 heavy (non-hydrogen) atoms. The molecule has 0 aliphatic carbocycles. The van der Waals surface area contributed by atoms with E-state index >= 15 is 0 Å². The maximum Gasteiger partial charge on any atom is 0.178 e. The quantitative estimate of drug-likeness (QED) is 0.898. The van der Waals surface area contributed by atoms with E-state index in [1.165, 1.54) is 0 Å². The lowest BCUT2D eigenvalue weighted by molar-refractivity contribution is 0.295. The van der Waals surface area contributed by atoms with Gasteiger partial charge in [0.1, 0.15) is 0 Å². The zero-order valence-electron chi connectivity index (χ0n) is 10.6. The highest BCUT2D eigenvalue weighted by Crippen LogP contribution is 2.23. The minimum atomic E-state index is -3.24. The number of rotatable bonds is 4. The van der Waals surface area contributed by atoms with E-state index in [0.29, 0.717) is 4.90 Å². The third-order valence-corrected chi connectivity index (χ3v) is 4.47. The minimum Gasteiger partial charge on any atom is -0.396 e. The first kappa shape index (κ1) is 14.2. The van der Waals surface area contributed by atoms with Crippen molar-refractivity contribution in [3.05, 3.63) is 29.8 Å². The first-order chi connectivity index (χ1) is 7.77. The van der Waals surface area contributed by atoms with Crippen molar-refractivity contribution in [1.29, 1.82) is 0 Å². The fourth-order valence-corrected chi connectivity index (χ4v) is 2.83. The van der Waals surface area contributed by atoms with Gasteiger partial charge in [-0.2, -0.15) is 0 Å². The number of aliphatic hydroxyl groups excluding tert-OH is 1.